The molecule has 1 aromatic heterocycles. The van der Waals surface area contributed by atoms with Gasteiger partial charge in [-0.2, -0.15) is 0 Å². The van der Waals surface area contributed by atoms with Crippen LogP contribution >= 0.6 is 0 Å². The minimum Gasteiger partial charge on any atom is -0.357 e. The summed E-state index contributed by atoms with van der Waals surface area (Å²) in [6.45, 7) is 5.61. The summed E-state index contributed by atoms with van der Waals surface area (Å²) >= 11 is 0. The first kappa shape index (κ1) is 23.9. The molecular formula is C23H32N6O2. The molecule has 0 radical (unpaired) electrons. The van der Waals surface area contributed by atoms with Gasteiger partial charge in [0.1, 0.15) is 5.82 Å². The summed E-state index contributed by atoms with van der Waals surface area (Å²) in [6.07, 6.45) is 1.01. The van der Waals surface area contributed by atoms with Crippen molar-refractivity contribution in [1.82, 2.24) is 20.5 Å². The summed E-state index contributed by atoms with van der Waals surface area (Å²) in [5.74, 6) is 1.07. The van der Waals surface area contributed by atoms with Crippen molar-refractivity contribution in [2.24, 2.45) is 4.99 Å². The third-order valence-corrected chi connectivity index (χ3v) is 4.40. The molecule has 3 N–H and O–H groups in total. The van der Waals surface area contributed by atoms with Crippen LogP contribution in [0.5, 0.6) is 0 Å². The van der Waals surface area contributed by atoms with E-state index in [2.05, 4.69) is 25.9 Å². The number of anilines is 1. The highest BCUT2D eigenvalue weighted by Gasteiger charge is 2.08. The van der Waals surface area contributed by atoms with Gasteiger partial charge in [0.15, 0.2) is 5.96 Å². The fraction of sp³-hybridized carbons (Fsp3) is 0.391. The summed E-state index contributed by atoms with van der Waals surface area (Å²) in [4.78, 5) is 34.5. The van der Waals surface area contributed by atoms with E-state index >= 15 is 0 Å². The molecule has 166 valence electrons. The van der Waals surface area contributed by atoms with Gasteiger partial charge < -0.3 is 20.9 Å². The second-order valence-corrected chi connectivity index (χ2v) is 7.30. The van der Waals surface area contributed by atoms with Gasteiger partial charge in [0.25, 0.3) is 5.91 Å². The smallest absolute Gasteiger partial charge is 0.253 e. The average molecular weight is 425 g/mol. The molecule has 2 amide bonds. The quantitative estimate of drug-likeness (QED) is 0.423. The maximum absolute atomic E-state index is 12.1. The number of aliphatic imine (C=N–C) groups is 1. The number of nitrogens with one attached hydrogen (secondary N) is 3. The second kappa shape index (κ2) is 12.3. The molecule has 1 aromatic carbocycles. The van der Waals surface area contributed by atoms with Crippen LogP contribution in [0.2, 0.25) is 0 Å². The van der Waals surface area contributed by atoms with Crippen LogP contribution in [-0.2, 0) is 11.2 Å². The van der Waals surface area contributed by atoms with Crippen molar-refractivity contribution in [2.45, 2.75) is 26.7 Å². The lowest BCUT2D eigenvalue weighted by molar-refractivity contribution is -0.116. The Balaban J connectivity index is 1.82. The van der Waals surface area contributed by atoms with E-state index in [4.69, 9.17) is 0 Å². The van der Waals surface area contributed by atoms with Crippen molar-refractivity contribution in [3.05, 3.63) is 59.3 Å². The normalized spacial score (nSPS) is 11.0. The summed E-state index contributed by atoms with van der Waals surface area (Å²) in [7, 11) is 3.49. The summed E-state index contributed by atoms with van der Waals surface area (Å²) in [5, 5.41) is 9.23. The Morgan fingerprint density at radius 2 is 1.87 bits per heavy atom. The topological polar surface area (TPSA) is 98.7 Å². The maximum Gasteiger partial charge on any atom is 0.253 e. The van der Waals surface area contributed by atoms with Crippen LogP contribution in [-0.4, -0.2) is 61.4 Å². The number of hydrogen-bond donors (Lipinski definition) is 3. The van der Waals surface area contributed by atoms with E-state index in [-0.39, 0.29) is 18.2 Å². The van der Waals surface area contributed by atoms with Gasteiger partial charge in [0, 0.05) is 44.9 Å². The first-order valence-corrected chi connectivity index (χ1v) is 10.5. The summed E-state index contributed by atoms with van der Waals surface area (Å²) in [5.41, 5.74) is 2.60. The van der Waals surface area contributed by atoms with Crippen molar-refractivity contribution in [3.8, 4) is 0 Å². The van der Waals surface area contributed by atoms with Crippen molar-refractivity contribution >= 4 is 23.6 Å². The number of hydrogen-bond acceptors (Lipinski definition) is 4. The zero-order chi connectivity index (χ0) is 22.6. The minimum atomic E-state index is -0.125. The third-order valence-electron chi connectivity index (χ3n) is 4.40. The number of amides is 2. The molecule has 0 aliphatic heterocycles. The Morgan fingerprint density at radius 1 is 1.10 bits per heavy atom. The van der Waals surface area contributed by atoms with Crippen LogP contribution in [0.15, 0.2) is 47.5 Å². The molecule has 0 atom stereocenters. The number of aromatic nitrogens is 1. The highest BCUT2D eigenvalue weighted by atomic mass is 16.2. The molecule has 8 heteroatoms. The maximum atomic E-state index is 12.1. The molecule has 2 aromatic rings. The fourth-order valence-electron chi connectivity index (χ4n) is 2.87. The lowest BCUT2D eigenvalue weighted by Gasteiger charge is -2.13. The Hall–Kier alpha value is -3.42. The van der Waals surface area contributed by atoms with Crippen LogP contribution in [0.25, 0.3) is 0 Å². The average Bonchev–Trinajstić information content (AvgIpc) is 2.73. The van der Waals surface area contributed by atoms with Crippen LogP contribution in [0, 0.1) is 6.92 Å². The molecule has 0 bridgehead atoms. The number of rotatable bonds is 9. The number of guanidine groups is 1. The van der Waals surface area contributed by atoms with Gasteiger partial charge in [-0.05, 0) is 50.1 Å². The van der Waals surface area contributed by atoms with Crippen LogP contribution < -0.4 is 16.0 Å². The molecule has 0 saturated heterocycles. The Bertz CT molecular complexity index is 910. The summed E-state index contributed by atoms with van der Waals surface area (Å²) < 4.78 is 0. The van der Waals surface area contributed by atoms with Gasteiger partial charge in [-0.25, -0.2) is 4.98 Å². The fourth-order valence-corrected chi connectivity index (χ4v) is 2.87. The number of nitrogens with zero attached hydrogens (tertiary/aromatic N) is 3. The van der Waals surface area contributed by atoms with Gasteiger partial charge in [-0.1, -0.05) is 18.2 Å². The molecule has 0 spiro atoms. The molecular weight excluding hydrogens is 392 g/mol. The van der Waals surface area contributed by atoms with Crippen LogP contribution in [0.3, 0.4) is 0 Å². The predicted molar refractivity (Wildman–Crippen MR) is 124 cm³/mol. The molecule has 0 aliphatic carbocycles. The number of aryl methyl sites for hydroxylation is 1. The van der Waals surface area contributed by atoms with Gasteiger partial charge in [0.05, 0.1) is 6.54 Å². The van der Waals surface area contributed by atoms with Gasteiger partial charge in [-0.3, -0.25) is 14.6 Å². The van der Waals surface area contributed by atoms with E-state index in [0.717, 1.165) is 24.2 Å². The van der Waals surface area contributed by atoms with Gasteiger partial charge in [0.2, 0.25) is 5.91 Å². The highest BCUT2D eigenvalue weighted by Crippen LogP contribution is 2.08. The molecule has 0 fully saturated rings. The number of pyridine rings is 1. The Kier molecular flexibility index (Phi) is 9.48. The zero-order valence-electron chi connectivity index (χ0n) is 18.7. The van der Waals surface area contributed by atoms with Gasteiger partial charge in [-0.15, -0.1) is 0 Å². The van der Waals surface area contributed by atoms with E-state index in [1.807, 2.05) is 50.2 Å². The van der Waals surface area contributed by atoms with E-state index in [1.165, 1.54) is 0 Å². The number of carbonyl (C=O) groups is 2. The SMILES string of the molecule is CCNC(=NCCC(=O)Nc1cccc(C)n1)NCCc1cccc(C(=O)N(C)C)c1. The minimum absolute atomic E-state index is 0.0103. The zero-order valence-corrected chi connectivity index (χ0v) is 18.7. The molecule has 1 heterocycles. The molecule has 0 unspecified atom stereocenters. The Labute approximate surface area is 184 Å². The predicted octanol–water partition coefficient (Wildman–Crippen LogP) is 2.22. The largest absolute Gasteiger partial charge is 0.357 e. The summed E-state index contributed by atoms with van der Waals surface area (Å²) in [6, 6.07) is 13.1. The third kappa shape index (κ3) is 8.46. The Morgan fingerprint density at radius 3 is 2.58 bits per heavy atom. The van der Waals surface area contributed by atoms with Crippen LogP contribution in [0.4, 0.5) is 5.82 Å². The molecule has 8 nitrogen and oxygen atoms in total. The van der Waals surface area contributed by atoms with Crippen molar-refractivity contribution < 1.29 is 9.59 Å². The van der Waals surface area contributed by atoms with Crippen molar-refractivity contribution in [3.63, 3.8) is 0 Å². The number of carbonyl (C=O) groups excluding carboxylic acids is 2. The standard InChI is InChI=1S/C23H32N6O2/c1-5-24-23(26-15-13-21(30)28-20-11-6-8-17(2)27-20)25-14-12-18-9-7-10-19(16-18)22(31)29(3)4/h6-11,16H,5,12-15H2,1-4H3,(H2,24,25,26)(H,27,28,30). The van der Waals surface area contributed by atoms with Crippen LogP contribution in [0.1, 0.15) is 35.0 Å². The van der Waals surface area contributed by atoms with E-state index in [1.54, 1.807) is 25.1 Å². The molecule has 2 rings (SSSR count). The van der Waals surface area contributed by atoms with E-state index < -0.39 is 0 Å². The van der Waals surface area contributed by atoms with Crippen molar-refractivity contribution in [1.29, 1.82) is 0 Å². The van der Waals surface area contributed by atoms with Gasteiger partial charge >= 0.3 is 0 Å². The van der Waals surface area contributed by atoms with E-state index in [0.29, 0.717) is 30.4 Å². The highest BCUT2D eigenvalue weighted by molar-refractivity contribution is 5.94. The molecule has 31 heavy (non-hydrogen) atoms. The molecule has 0 aliphatic rings. The monoisotopic (exact) mass is 424 g/mol. The van der Waals surface area contributed by atoms with E-state index in [9.17, 15) is 9.59 Å². The lowest BCUT2D eigenvalue weighted by atomic mass is 10.1. The lowest BCUT2D eigenvalue weighted by Crippen LogP contribution is -2.38. The molecule has 0 saturated carbocycles. The number of benzene rings is 1. The first-order valence-electron chi connectivity index (χ1n) is 10.5. The first-order chi connectivity index (χ1) is 14.9. The second-order valence-electron chi connectivity index (χ2n) is 7.30. The van der Waals surface area contributed by atoms with Crippen molar-refractivity contribution in [2.75, 3.05) is 39.0 Å².